The van der Waals surface area contributed by atoms with Crippen molar-refractivity contribution in [3.63, 3.8) is 0 Å². The zero-order valence-electron chi connectivity index (χ0n) is 16.2. The number of anilines is 1. The standard InChI is InChI=1S/C21H19N3O4S2/c1-21(2)17(20(25)26)23-18(29)14(19(23)30-21)13-12(24(27)28)9-8-11-15(22-16(11)13)10-6-4-3-5-7-10/h3-9,14-15,17,19,22H,1-2H3,(H,25,26)/t14-,15?,17+,19-/m1/s1. The fraction of sp³-hybridized carbons (Fsp3) is 0.333. The summed E-state index contributed by atoms with van der Waals surface area (Å²) in [5.74, 6) is -1.29. The lowest BCUT2D eigenvalue weighted by molar-refractivity contribution is -0.385. The minimum Gasteiger partial charge on any atom is -0.480 e. The van der Waals surface area contributed by atoms with Gasteiger partial charge in [-0.2, -0.15) is 0 Å². The molecule has 1 unspecified atom stereocenters. The van der Waals surface area contributed by atoms with Crippen LogP contribution in [0.2, 0.25) is 0 Å². The average molecular weight is 442 g/mol. The summed E-state index contributed by atoms with van der Waals surface area (Å²) in [6.07, 6.45) is 0. The van der Waals surface area contributed by atoms with Gasteiger partial charge in [-0.3, -0.25) is 10.1 Å². The molecule has 2 fully saturated rings. The number of thioether (sulfide) groups is 1. The van der Waals surface area contributed by atoms with Crippen LogP contribution >= 0.6 is 24.0 Å². The highest BCUT2D eigenvalue weighted by atomic mass is 32.2. The molecule has 0 amide bonds. The molecule has 154 valence electrons. The largest absolute Gasteiger partial charge is 0.480 e. The van der Waals surface area contributed by atoms with Gasteiger partial charge in [0.25, 0.3) is 5.69 Å². The summed E-state index contributed by atoms with van der Waals surface area (Å²) in [5.41, 5.74) is 3.44. The van der Waals surface area contributed by atoms with E-state index in [0.717, 1.165) is 16.8 Å². The average Bonchev–Trinajstić information content (AvgIpc) is 2.91. The lowest BCUT2D eigenvalue weighted by Crippen LogP contribution is -2.60. The third-order valence-corrected chi connectivity index (χ3v) is 8.21. The molecule has 0 saturated carbocycles. The van der Waals surface area contributed by atoms with Crippen LogP contribution in [0.15, 0.2) is 42.5 Å². The van der Waals surface area contributed by atoms with Gasteiger partial charge < -0.3 is 15.3 Å². The van der Waals surface area contributed by atoms with Gasteiger partial charge in [-0.05, 0) is 25.5 Å². The number of nitrogens with one attached hydrogen (secondary N) is 1. The van der Waals surface area contributed by atoms with Crippen LogP contribution in [-0.4, -0.2) is 42.1 Å². The van der Waals surface area contributed by atoms with Gasteiger partial charge in [0.2, 0.25) is 0 Å². The Morgan fingerprint density at radius 2 is 1.97 bits per heavy atom. The van der Waals surface area contributed by atoms with Crippen molar-refractivity contribution in [2.75, 3.05) is 5.32 Å². The predicted octanol–water partition coefficient (Wildman–Crippen LogP) is 4.14. The number of carboxylic acid groups (broad SMARTS) is 1. The normalized spacial score (nSPS) is 27.9. The molecule has 3 aliphatic heterocycles. The summed E-state index contributed by atoms with van der Waals surface area (Å²) >= 11 is 7.14. The van der Waals surface area contributed by atoms with Crippen molar-refractivity contribution in [2.24, 2.45) is 0 Å². The number of carboxylic acids is 1. The highest BCUT2D eigenvalue weighted by Crippen LogP contribution is 2.60. The van der Waals surface area contributed by atoms with Crippen LogP contribution in [0.3, 0.4) is 0 Å². The molecule has 2 aromatic rings. The summed E-state index contributed by atoms with van der Waals surface area (Å²) in [4.78, 5) is 25.5. The Balaban J connectivity index is 1.57. The topological polar surface area (TPSA) is 95.7 Å². The number of fused-ring (bicyclic) bond motifs is 2. The highest BCUT2D eigenvalue weighted by Gasteiger charge is 2.63. The minimum atomic E-state index is -0.923. The van der Waals surface area contributed by atoms with Crippen molar-refractivity contribution < 1.29 is 14.8 Å². The van der Waals surface area contributed by atoms with E-state index in [4.69, 9.17) is 12.2 Å². The number of nitro groups is 1. The number of hydrogen-bond donors (Lipinski definition) is 2. The van der Waals surface area contributed by atoms with Crippen molar-refractivity contribution in [2.45, 2.75) is 42.0 Å². The van der Waals surface area contributed by atoms with Crippen LogP contribution in [-0.2, 0) is 4.79 Å². The summed E-state index contributed by atoms with van der Waals surface area (Å²) in [6.45, 7) is 3.77. The summed E-state index contributed by atoms with van der Waals surface area (Å²) in [6, 6.07) is 12.5. The van der Waals surface area contributed by atoms with Gasteiger partial charge in [0.05, 0.1) is 38.5 Å². The number of nitro benzene ring substituents is 1. The van der Waals surface area contributed by atoms with E-state index in [1.165, 1.54) is 11.8 Å². The number of thiocarbonyl (C=S) groups is 1. The van der Waals surface area contributed by atoms with Gasteiger partial charge in [-0.15, -0.1) is 11.8 Å². The van der Waals surface area contributed by atoms with Crippen molar-refractivity contribution in [3.05, 3.63) is 69.3 Å². The first-order valence-electron chi connectivity index (χ1n) is 9.58. The first kappa shape index (κ1) is 19.3. The van der Waals surface area contributed by atoms with E-state index in [1.807, 2.05) is 44.2 Å². The molecule has 0 spiro atoms. The van der Waals surface area contributed by atoms with Crippen LogP contribution in [0.25, 0.3) is 0 Å². The molecule has 0 aliphatic carbocycles. The monoisotopic (exact) mass is 441 g/mol. The SMILES string of the molecule is CC1(C)S[C@@H]2[C@H](c3c([N+](=O)[O-])ccc4c3NC4c3ccccc3)C(=S)N2[C@H]1C(=O)O. The van der Waals surface area contributed by atoms with Gasteiger partial charge in [-0.25, -0.2) is 4.79 Å². The van der Waals surface area contributed by atoms with Crippen LogP contribution in [0.4, 0.5) is 11.4 Å². The quantitative estimate of drug-likeness (QED) is 0.415. The molecular weight excluding hydrogens is 422 g/mol. The van der Waals surface area contributed by atoms with Crippen molar-refractivity contribution >= 4 is 46.3 Å². The van der Waals surface area contributed by atoms with E-state index < -0.39 is 16.8 Å². The molecule has 5 rings (SSSR count). The molecule has 2 aromatic carbocycles. The molecule has 2 N–H and O–H groups in total. The number of nitrogens with zero attached hydrogens (tertiary/aromatic N) is 2. The van der Waals surface area contributed by atoms with E-state index in [-0.39, 0.29) is 27.9 Å². The third kappa shape index (κ3) is 2.51. The molecule has 3 aliphatic rings. The highest BCUT2D eigenvalue weighted by molar-refractivity contribution is 8.02. The molecule has 30 heavy (non-hydrogen) atoms. The predicted molar refractivity (Wildman–Crippen MR) is 119 cm³/mol. The fourth-order valence-electron chi connectivity index (χ4n) is 4.83. The summed E-state index contributed by atoms with van der Waals surface area (Å²) < 4.78 is -0.550. The van der Waals surface area contributed by atoms with Gasteiger partial charge >= 0.3 is 5.97 Å². The van der Waals surface area contributed by atoms with Crippen LogP contribution < -0.4 is 5.32 Å². The molecule has 9 heteroatoms. The maximum absolute atomic E-state index is 11.9. The Bertz CT molecular complexity index is 1100. The molecule has 0 bridgehead atoms. The molecule has 4 atom stereocenters. The van der Waals surface area contributed by atoms with Gasteiger partial charge in [-0.1, -0.05) is 42.5 Å². The number of aliphatic carboxylic acids is 1. The maximum Gasteiger partial charge on any atom is 0.327 e. The van der Waals surface area contributed by atoms with E-state index in [9.17, 15) is 20.0 Å². The first-order chi connectivity index (χ1) is 14.2. The van der Waals surface area contributed by atoms with Crippen LogP contribution in [0.5, 0.6) is 0 Å². The second kappa shape index (κ2) is 6.42. The molecule has 3 heterocycles. The van der Waals surface area contributed by atoms with E-state index >= 15 is 0 Å². The Morgan fingerprint density at radius 3 is 2.60 bits per heavy atom. The van der Waals surface area contributed by atoms with E-state index in [2.05, 4.69) is 5.32 Å². The van der Waals surface area contributed by atoms with Crippen molar-refractivity contribution in [3.8, 4) is 0 Å². The Kier molecular flexibility index (Phi) is 4.14. The molecule has 0 aromatic heterocycles. The van der Waals surface area contributed by atoms with Gasteiger partial charge in [0.1, 0.15) is 6.04 Å². The lowest BCUT2D eigenvalue weighted by atomic mass is 9.79. The van der Waals surface area contributed by atoms with Crippen molar-refractivity contribution in [1.82, 2.24) is 4.90 Å². The summed E-state index contributed by atoms with van der Waals surface area (Å²) in [7, 11) is 0. The van der Waals surface area contributed by atoms with E-state index in [1.54, 1.807) is 17.0 Å². The first-order valence-corrected chi connectivity index (χ1v) is 10.9. The van der Waals surface area contributed by atoms with Crippen molar-refractivity contribution in [1.29, 1.82) is 0 Å². The zero-order chi connectivity index (χ0) is 21.4. The maximum atomic E-state index is 11.9. The van der Waals surface area contributed by atoms with Crippen LogP contribution in [0.1, 0.15) is 42.5 Å². The number of benzene rings is 2. The molecule has 7 nitrogen and oxygen atoms in total. The van der Waals surface area contributed by atoms with Gasteiger partial charge in [0, 0.05) is 16.4 Å². The zero-order valence-corrected chi connectivity index (χ0v) is 17.9. The minimum absolute atomic E-state index is 0.0232. The number of rotatable bonds is 4. The smallest absolute Gasteiger partial charge is 0.327 e. The molecule has 2 saturated heterocycles. The second-order valence-corrected chi connectivity index (χ2v) is 10.5. The third-order valence-electron chi connectivity index (χ3n) is 6.17. The molecule has 0 radical (unpaired) electrons. The molecular formula is C21H19N3O4S2. The lowest BCUT2D eigenvalue weighted by Gasteiger charge is -2.48. The Labute approximate surface area is 182 Å². The number of hydrogen-bond acceptors (Lipinski definition) is 6. The number of carbonyl (C=O) groups is 1. The fourth-order valence-corrected chi connectivity index (χ4v) is 7.17. The Morgan fingerprint density at radius 1 is 1.27 bits per heavy atom. The second-order valence-electron chi connectivity index (χ2n) is 8.28. The van der Waals surface area contributed by atoms with Gasteiger partial charge in [0.15, 0.2) is 0 Å². The Hall–Kier alpha value is -2.65. The summed E-state index contributed by atoms with van der Waals surface area (Å²) in [5, 5.41) is 24.7. The van der Waals surface area contributed by atoms with Crippen LogP contribution in [0, 0.1) is 10.1 Å². The van der Waals surface area contributed by atoms with E-state index in [0.29, 0.717) is 10.6 Å².